The molecule has 0 atom stereocenters. The molecule has 1 aliphatic carbocycles. The fourth-order valence-electron chi connectivity index (χ4n) is 3.83. The van der Waals surface area contributed by atoms with E-state index in [1.807, 2.05) is 12.1 Å². The van der Waals surface area contributed by atoms with E-state index in [-0.39, 0.29) is 6.61 Å². The van der Waals surface area contributed by atoms with Crippen LogP contribution in [0.3, 0.4) is 0 Å². The monoisotopic (exact) mass is 344 g/mol. The average molecular weight is 344 g/mol. The van der Waals surface area contributed by atoms with Gasteiger partial charge in [0, 0.05) is 0 Å². The first kappa shape index (κ1) is 17.9. The summed E-state index contributed by atoms with van der Waals surface area (Å²) in [7, 11) is 0. The number of benzene rings is 2. The highest BCUT2D eigenvalue weighted by molar-refractivity contribution is 5.30. The molecule has 0 amide bonds. The van der Waals surface area contributed by atoms with E-state index in [0.29, 0.717) is 11.5 Å². The van der Waals surface area contributed by atoms with Crippen molar-refractivity contribution in [2.24, 2.45) is 5.92 Å². The van der Waals surface area contributed by atoms with Crippen molar-refractivity contribution in [1.29, 1.82) is 0 Å². The molecule has 0 aliphatic heterocycles. The van der Waals surface area contributed by atoms with E-state index >= 15 is 0 Å². The lowest BCUT2D eigenvalue weighted by Gasteiger charge is -2.28. The fourth-order valence-corrected chi connectivity index (χ4v) is 3.83. The summed E-state index contributed by atoms with van der Waals surface area (Å²) in [6.45, 7) is 2.50. The zero-order valence-electron chi connectivity index (χ0n) is 14.8. The van der Waals surface area contributed by atoms with Crippen LogP contribution in [0.25, 0.3) is 0 Å². The molecule has 0 radical (unpaired) electrons. The molecule has 3 heteroatoms. The number of hydrogen-bond acceptors (Lipinski definition) is 1. The van der Waals surface area contributed by atoms with Crippen molar-refractivity contribution in [1.82, 2.24) is 0 Å². The van der Waals surface area contributed by atoms with Gasteiger partial charge in [0.25, 0.3) is 0 Å². The van der Waals surface area contributed by atoms with Crippen LogP contribution in [0.2, 0.25) is 0 Å². The quantitative estimate of drug-likeness (QED) is 0.572. The zero-order chi connectivity index (χ0) is 17.6. The van der Waals surface area contributed by atoms with Crippen LogP contribution in [0.15, 0.2) is 42.5 Å². The first-order valence-corrected chi connectivity index (χ1v) is 9.32. The minimum absolute atomic E-state index is 0.235. The van der Waals surface area contributed by atoms with Gasteiger partial charge >= 0.3 is 0 Å². The Balaban J connectivity index is 1.53. The summed E-state index contributed by atoms with van der Waals surface area (Å²) < 4.78 is 31.8. The summed E-state index contributed by atoms with van der Waals surface area (Å²) in [6.07, 6.45) is 7.89. The van der Waals surface area contributed by atoms with Gasteiger partial charge in [-0.25, -0.2) is 8.78 Å². The van der Waals surface area contributed by atoms with Gasteiger partial charge in [0.05, 0.1) is 0 Å². The van der Waals surface area contributed by atoms with Crippen molar-refractivity contribution in [2.75, 3.05) is 0 Å². The molecule has 0 spiro atoms. The molecule has 0 saturated heterocycles. The van der Waals surface area contributed by atoms with Gasteiger partial charge in [0.15, 0.2) is 11.6 Å². The predicted molar refractivity (Wildman–Crippen MR) is 96.7 cm³/mol. The van der Waals surface area contributed by atoms with Gasteiger partial charge in [0.1, 0.15) is 12.4 Å². The summed E-state index contributed by atoms with van der Waals surface area (Å²) in [5, 5.41) is 0. The second-order valence-electron chi connectivity index (χ2n) is 7.11. The van der Waals surface area contributed by atoms with Gasteiger partial charge in [-0.05, 0) is 72.9 Å². The molecule has 1 nitrogen and oxygen atoms in total. The Labute approximate surface area is 149 Å². The van der Waals surface area contributed by atoms with E-state index in [2.05, 4.69) is 19.1 Å². The van der Waals surface area contributed by atoms with Crippen LogP contribution in [-0.4, -0.2) is 0 Å². The molecule has 0 bridgehead atoms. The van der Waals surface area contributed by atoms with Gasteiger partial charge in [-0.3, -0.25) is 0 Å². The van der Waals surface area contributed by atoms with Crippen molar-refractivity contribution < 1.29 is 13.5 Å². The van der Waals surface area contributed by atoms with Crippen LogP contribution in [0.1, 0.15) is 62.5 Å². The standard InChI is InChI=1S/C22H26F2O/c1-2-3-16-4-7-18(8-5-16)19-9-11-20(12-10-19)25-15-17-6-13-21(23)22(24)14-17/h6,9-14,16,18H,2-5,7-8,15H2,1H3/t16-,18-. The van der Waals surface area contributed by atoms with Crippen molar-refractivity contribution in [3.05, 3.63) is 65.2 Å². The lowest BCUT2D eigenvalue weighted by molar-refractivity contribution is 0.302. The highest BCUT2D eigenvalue weighted by atomic mass is 19.2. The van der Waals surface area contributed by atoms with Crippen LogP contribution in [-0.2, 0) is 6.61 Å². The Hall–Kier alpha value is -1.90. The van der Waals surface area contributed by atoms with E-state index in [0.717, 1.165) is 17.7 Å². The molecular formula is C22H26F2O. The zero-order valence-corrected chi connectivity index (χ0v) is 14.8. The van der Waals surface area contributed by atoms with Gasteiger partial charge < -0.3 is 4.74 Å². The number of ether oxygens (including phenoxy) is 1. The topological polar surface area (TPSA) is 9.23 Å². The van der Waals surface area contributed by atoms with E-state index in [4.69, 9.17) is 4.74 Å². The van der Waals surface area contributed by atoms with Crippen LogP contribution < -0.4 is 4.74 Å². The smallest absolute Gasteiger partial charge is 0.159 e. The molecule has 2 aromatic carbocycles. The number of hydrogen-bond donors (Lipinski definition) is 0. The van der Waals surface area contributed by atoms with Gasteiger partial charge in [-0.15, -0.1) is 0 Å². The molecule has 1 aliphatic rings. The van der Waals surface area contributed by atoms with Gasteiger partial charge in [-0.1, -0.05) is 38.0 Å². The highest BCUT2D eigenvalue weighted by Crippen LogP contribution is 2.37. The minimum Gasteiger partial charge on any atom is -0.489 e. The Bertz CT molecular complexity index is 673. The molecule has 134 valence electrons. The molecule has 0 aromatic heterocycles. The van der Waals surface area contributed by atoms with Gasteiger partial charge in [-0.2, -0.15) is 0 Å². The molecule has 0 N–H and O–H groups in total. The summed E-state index contributed by atoms with van der Waals surface area (Å²) in [6, 6.07) is 12.1. The lowest BCUT2D eigenvalue weighted by Crippen LogP contribution is -2.13. The molecular weight excluding hydrogens is 318 g/mol. The van der Waals surface area contributed by atoms with Crippen LogP contribution in [0, 0.1) is 17.6 Å². The second-order valence-corrected chi connectivity index (χ2v) is 7.11. The lowest BCUT2D eigenvalue weighted by atomic mass is 9.77. The summed E-state index contributed by atoms with van der Waals surface area (Å²) in [4.78, 5) is 0. The molecule has 25 heavy (non-hydrogen) atoms. The maximum atomic E-state index is 13.2. The third-order valence-corrected chi connectivity index (χ3v) is 5.28. The van der Waals surface area contributed by atoms with E-state index < -0.39 is 11.6 Å². The Kier molecular flexibility index (Phi) is 6.06. The first-order chi connectivity index (χ1) is 12.2. The Morgan fingerprint density at radius 2 is 1.64 bits per heavy atom. The maximum absolute atomic E-state index is 13.2. The minimum atomic E-state index is -0.838. The normalized spacial score (nSPS) is 20.4. The summed E-state index contributed by atoms with van der Waals surface area (Å²) in [5.74, 6) is 0.665. The van der Waals surface area contributed by atoms with E-state index in [1.165, 1.54) is 50.2 Å². The highest BCUT2D eigenvalue weighted by Gasteiger charge is 2.21. The molecule has 0 heterocycles. The maximum Gasteiger partial charge on any atom is 0.159 e. The number of rotatable bonds is 6. The van der Waals surface area contributed by atoms with Crippen molar-refractivity contribution >= 4 is 0 Å². The van der Waals surface area contributed by atoms with Crippen LogP contribution in [0.4, 0.5) is 8.78 Å². The Morgan fingerprint density at radius 1 is 0.920 bits per heavy atom. The summed E-state index contributed by atoms with van der Waals surface area (Å²) >= 11 is 0. The van der Waals surface area contributed by atoms with E-state index in [9.17, 15) is 8.78 Å². The third kappa shape index (κ3) is 4.81. The Morgan fingerprint density at radius 3 is 2.28 bits per heavy atom. The first-order valence-electron chi connectivity index (χ1n) is 9.32. The van der Waals surface area contributed by atoms with Gasteiger partial charge in [0.2, 0.25) is 0 Å². The number of halogens is 2. The fraction of sp³-hybridized carbons (Fsp3) is 0.455. The summed E-state index contributed by atoms with van der Waals surface area (Å²) in [5.41, 5.74) is 2.01. The third-order valence-electron chi connectivity index (χ3n) is 5.28. The van der Waals surface area contributed by atoms with E-state index in [1.54, 1.807) is 6.07 Å². The molecule has 0 unspecified atom stereocenters. The largest absolute Gasteiger partial charge is 0.489 e. The van der Waals surface area contributed by atoms with Crippen molar-refractivity contribution in [3.8, 4) is 5.75 Å². The SMILES string of the molecule is CCC[C@H]1CC[C@H](c2ccc(OCc3ccc(F)c(F)c3)cc2)CC1. The molecule has 2 aromatic rings. The van der Waals surface area contributed by atoms with Crippen molar-refractivity contribution in [3.63, 3.8) is 0 Å². The van der Waals surface area contributed by atoms with Crippen molar-refractivity contribution in [2.45, 2.75) is 58.0 Å². The molecule has 3 rings (SSSR count). The molecule has 1 fully saturated rings. The predicted octanol–water partition coefficient (Wildman–Crippen LogP) is 6.62. The van der Waals surface area contributed by atoms with Crippen LogP contribution in [0.5, 0.6) is 5.75 Å². The van der Waals surface area contributed by atoms with Crippen LogP contribution >= 0.6 is 0 Å². The molecule has 1 saturated carbocycles. The second kappa shape index (κ2) is 8.46. The average Bonchev–Trinajstić information content (AvgIpc) is 2.64.